The number of hydrogen-bond acceptors (Lipinski definition) is 3. The number of rotatable bonds is 5. The summed E-state index contributed by atoms with van der Waals surface area (Å²) in [7, 11) is 0. The van der Waals surface area contributed by atoms with E-state index in [-0.39, 0.29) is 23.2 Å². The van der Waals surface area contributed by atoms with Gasteiger partial charge in [-0.1, -0.05) is 67.6 Å². The molecule has 3 aromatic rings. The molecule has 3 heteroatoms. The van der Waals surface area contributed by atoms with E-state index in [1.807, 2.05) is 36.4 Å². The van der Waals surface area contributed by atoms with E-state index >= 15 is 0 Å². The fourth-order valence-corrected chi connectivity index (χ4v) is 4.34. The SMILES string of the molecule is CC(C=C1C=CC(C(C)(c2ccc(O)cc2)c2ccc(O)cc2)=CC1)c1ccc(O)cc1. The van der Waals surface area contributed by atoms with Gasteiger partial charge in [-0.25, -0.2) is 0 Å². The van der Waals surface area contributed by atoms with Crippen molar-refractivity contribution in [2.45, 2.75) is 31.6 Å². The van der Waals surface area contributed by atoms with Gasteiger partial charge in [0.25, 0.3) is 0 Å². The lowest BCUT2D eigenvalue weighted by atomic mass is 9.69. The van der Waals surface area contributed by atoms with Crippen LogP contribution in [-0.2, 0) is 5.41 Å². The van der Waals surface area contributed by atoms with Crippen LogP contribution in [0.1, 0.15) is 42.9 Å². The first-order valence-corrected chi connectivity index (χ1v) is 10.8. The van der Waals surface area contributed by atoms with Crippen molar-refractivity contribution >= 4 is 0 Å². The molecule has 1 unspecified atom stereocenters. The van der Waals surface area contributed by atoms with E-state index in [1.165, 1.54) is 11.1 Å². The lowest BCUT2D eigenvalue weighted by Gasteiger charge is -2.34. The second kappa shape index (κ2) is 8.80. The summed E-state index contributed by atoms with van der Waals surface area (Å²) in [4.78, 5) is 0. The van der Waals surface area contributed by atoms with Gasteiger partial charge in [-0.2, -0.15) is 0 Å². The zero-order valence-corrected chi connectivity index (χ0v) is 18.4. The highest BCUT2D eigenvalue weighted by Crippen LogP contribution is 2.42. The predicted molar refractivity (Wildman–Crippen MR) is 129 cm³/mol. The summed E-state index contributed by atoms with van der Waals surface area (Å²) in [6, 6.07) is 22.0. The molecule has 0 fully saturated rings. The van der Waals surface area contributed by atoms with Crippen LogP contribution in [0.25, 0.3) is 0 Å². The summed E-state index contributed by atoms with van der Waals surface area (Å²) in [6.07, 6.45) is 9.67. The van der Waals surface area contributed by atoms with E-state index < -0.39 is 5.41 Å². The summed E-state index contributed by atoms with van der Waals surface area (Å²) in [5, 5.41) is 29.1. The minimum atomic E-state index is -0.425. The summed E-state index contributed by atoms with van der Waals surface area (Å²) in [5.41, 5.74) is 5.29. The minimum Gasteiger partial charge on any atom is -0.508 e. The highest BCUT2D eigenvalue weighted by atomic mass is 16.3. The van der Waals surface area contributed by atoms with Crippen molar-refractivity contribution in [2.75, 3.05) is 0 Å². The normalized spacial score (nSPS) is 16.1. The lowest BCUT2D eigenvalue weighted by molar-refractivity contribution is 0.474. The van der Waals surface area contributed by atoms with Crippen LogP contribution in [0.3, 0.4) is 0 Å². The van der Waals surface area contributed by atoms with Crippen molar-refractivity contribution < 1.29 is 15.3 Å². The molecule has 3 nitrogen and oxygen atoms in total. The third kappa shape index (κ3) is 4.33. The molecule has 0 spiro atoms. The molecule has 0 amide bonds. The topological polar surface area (TPSA) is 60.7 Å². The monoisotopic (exact) mass is 424 g/mol. The Kier molecular flexibility index (Phi) is 5.91. The van der Waals surface area contributed by atoms with Crippen LogP contribution >= 0.6 is 0 Å². The molecule has 3 aromatic carbocycles. The van der Waals surface area contributed by atoms with Crippen molar-refractivity contribution in [1.82, 2.24) is 0 Å². The number of phenolic OH excluding ortho intramolecular Hbond substituents is 3. The molecule has 0 aliphatic heterocycles. The van der Waals surface area contributed by atoms with Gasteiger partial charge in [0.2, 0.25) is 0 Å². The van der Waals surface area contributed by atoms with Crippen LogP contribution in [0.4, 0.5) is 0 Å². The van der Waals surface area contributed by atoms with Crippen LogP contribution in [0, 0.1) is 0 Å². The maximum absolute atomic E-state index is 9.78. The van der Waals surface area contributed by atoms with Gasteiger partial charge in [0.05, 0.1) is 0 Å². The third-order valence-corrected chi connectivity index (χ3v) is 6.38. The largest absolute Gasteiger partial charge is 0.508 e. The second-order valence-corrected chi connectivity index (χ2v) is 8.54. The van der Waals surface area contributed by atoms with Gasteiger partial charge in [0.1, 0.15) is 17.2 Å². The first kappa shape index (κ1) is 21.5. The number of benzene rings is 3. The molecular formula is C29H28O3. The van der Waals surface area contributed by atoms with Crippen LogP contribution < -0.4 is 0 Å². The van der Waals surface area contributed by atoms with E-state index in [1.54, 1.807) is 36.4 Å². The van der Waals surface area contributed by atoms with E-state index in [9.17, 15) is 15.3 Å². The molecule has 0 saturated carbocycles. The van der Waals surface area contributed by atoms with Gasteiger partial charge in [-0.3, -0.25) is 0 Å². The maximum Gasteiger partial charge on any atom is 0.115 e. The maximum atomic E-state index is 9.78. The van der Waals surface area contributed by atoms with Crippen LogP contribution in [0.15, 0.2) is 108 Å². The Balaban J connectivity index is 1.65. The van der Waals surface area contributed by atoms with Gasteiger partial charge >= 0.3 is 0 Å². The van der Waals surface area contributed by atoms with E-state index in [2.05, 4.69) is 38.2 Å². The average molecular weight is 425 g/mol. The minimum absolute atomic E-state index is 0.239. The molecule has 162 valence electrons. The molecule has 0 saturated heterocycles. The molecular weight excluding hydrogens is 396 g/mol. The number of aromatic hydroxyl groups is 3. The number of hydrogen-bond donors (Lipinski definition) is 3. The summed E-state index contributed by atoms with van der Waals surface area (Å²) >= 11 is 0. The Hall–Kier alpha value is -3.72. The second-order valence-electron chi connectivity index (χ2n) is 8.54. The summed E-state index contributed by atoms with van der Waals surface area (Å²) in [6.45, 7) is 4.33. The van der Waals surface area contributed by atoms with Gasteiger partial charge in [-0.05, 0) is 83.5 Å². The van der Waals surface area contributed by atoms with Crippen molar-refractivity contribution in [1.29, 1.82) is 0 Å². The standard InChI is InChI=1S/C29H28O3/c1-20(22-5-13-26(30)14-6-22)19-21-3-7-23(8-4-21)29(2,24-9-15-27(31)16-10-24)25-11-17-28(32)18-12-25/h3,5-20,30-32H,4H2,1-2H3. The van der Waals surface area contributed by atoms with Gasteiger partial charge in [-0.15, -0.1) is 0 Å². The average Bonchev–Trinajstić information content (AvgIpc) is 2.80. The molecule has 0 aromatic heterocycles. The van der Waals surface area contributed by atoms with Gasteiger partial charge < -0.3 is 15.3 Å². The van der Waals surface area contributed by atoms with Crippen molar-refractivity contribution in [3.05, 3.63) is 125 Å². The molecule has 3 N–H and O–H groups in total. The summed E-state index contributed by atoms with van der Waals surface area (Å²) < 4.78 is 0. The van der Waals surface area contributed by atoms with Crippen molar-refractivity contribution in [3.8, 4) is 17.2 Å². The fourth-order valence-electron chi connectivity index (χ4n) is 4.34. The third-order valence-electron chi connectivity index (χ3n) is 6.38. The first-order chi connectivity index (χ1) is 15.4. The molecule has 1 aliphatic carbocycles. The van der Waals surface area contributed by atoms with Gasteiger partial charge in [0.15, 0.2) is 0 Å². The summed E-state index contributed by atoms with van der Waals surface area (Å²) in [5.74, 6) is 0.999. The smallest absolute Gasteiger partial charge is 0.115 e. The zero-order chi connectivity index (χ0) is 22.7. The Morgan fingerprint density at radius 3 is 1.62 bits per heavy atom. The molecule has 0 radical (unpaired) electrons. The van der Waals surface area contributed by atoms with Gasteiger partial charge in [0, 0.05) is 5.41 Å². The van der Waals surface area contributed by atoms with Crippen LogP contribution in [0.2, 0.25) is 0 Å². The Labute approximate surface area is 189 Å². The van der Waals surface area contributed by atoms with E-state index in [4.69, 9.17) is 0 Å². The number of phenols is 3. The fraction of sp³-hybridized carbons (Fsp3) is 0.172. The van der Waals surface area contributed by atoms with Crippen LogP contribution in [0.5, 0.6) is 17.2 Å². The number of allylic oxidation sites excluding steroid dienone is 6. The zero-order valence-electron chi connectivity index (χ0n) is 18.4. The van der Waals surface area contributed by atoms with Crippen molar-refractivity contribution in [3.63, 3.8) is 0 Å². The van der Waals surface area contributed by atoms with E-state index in [0.29, 0.717) is 0 Å². The molecule has 1 atom stereocenters. The Morgan fingerprint density at radius 2 is 1.19 bits per heavy atom. The predicted octanol–water partition coefficient (Wildman–Crippen LogP) is 6.73. The van der Waals surface area contributed by atoms with E-state index in [0.717, 1.165) is 23.1 Å². The molecule has 1 aliphatic rings. The Bertz CT molecular complexity index is 1120. The van der Waals surface area contributed by atoms with Crippen LogP contribution in [-0.4, -0.2) is 15.3 Å². The molecule has 4 rings (SSSR count). The highest BCUT2D eigenvalue weighted by Gasteiger charge is 2.32. The quantitative estimate of drug-likeness (QED) is 0.426. The van der Waals surface area contributed by atoms with Crippen molar-refractivity contribution in [2.24, 2.45) is 0 Å². The Morgan fingerprint density at radius 1 is 0.719 bits per heavy atom. The first-order valence-electron chi connectivity index (χ1n) is 10.8. The molecule has 0 bridgehead atoms. The highest BCUT2D eigenvalue weighted by molar-refractivity contribution is 5.55. The molecule has 0 heterocycles. The molecule has 32 heavy (non-hydrogen) atoms. The lowest BCUT2D eigenvalue weighted by Crippen LogP contribution is -2.26.